The summed E-state index contributed by atoms with van der Waals surface area (Å²) >= 11 is 9.63. The van der Waals surface area contributed by atoms with Crippen LogP contribution in [0.4, 0.5) is 5.69 Å². The Bertz CT molecular complexity index is 1200. The summed E-state index contributed by atoms with van der Waals surface area (Å²) in [6.45, 7) is 4.29. The van der Waals surface area contributed by atoms with Gasteiger partial charge in [-0.15, -0.1) is 0 Å². The molecule has 0 fully saturated rings. The largest absolute Gasteiger partial charge is 0.488 e. The Balaban J connectivity index is 1.48. The number of amides is 2. The lowest BCUT2D eigenvalue weighted by molar-refractivity contribution is -0.126. The Kier molecular flexibility index (Phi) is 8.63. The van der Waals surface area contributed by atoms with Gasteiger partial charge in [-0.25, -0.2) is 5.43 Å². The van der Waals surface area contributed by atoms with Gasteiger partial charge in [-0.1, -0.05) is 35.9 Å². The maximum atomic E-state index is 12.1. The van der Waals surface area contributed by atoms with Crippen molar-refractivity contribution < 1.29 is 14.3 Å². The summed E-state index contributed by atoms with van der Waals surface area (Å²) in [4.78, 5) is 24.1. The Morgan fingerprint density at radius 1 is 1.03 bits per heavy atom. The second kappa shape index (κ2) is 11.6. The van der Waals surface area contributed by atoms with E-state index in [1.807, 2.05) is 56.3 Å². The molecule has 3 aromatic rings. The molecule has 0 spiro atoms. The van der Waals surface area contributed by atoms with Gasteiger partial charge in [0.05, 0.1) is 10.7 Å². The third-order valence-corrected chi connectivity index (χ3v) is 5.80. The highest BCUT2D eigenvalue weighted by atomic mass is 79.9. The molecule has 2 N–H and O–H groups in total. The lowest BCUT2D eigenvalue weighted by Crippen LogP contribution is -2.24. The molecule has 0 aliphatic heterocycles. The maximum absolute atomic E-state index is 12.1. The molecule has 0 radical (unpaired) electrons. The molecule has 0 aromatic heterocycles. The van der Waals surface area contributed by atoms with Gasteiger partial charge in [0.15, 0.2) is 0 Å². The van der Waals surface area contributed by atoms with Crippen molar-refractivity contribution in [3.8, 4) is 5.75 Å². The Labute approximate surface area is 206 Å². The first-order valence-corrected chi connectivity index (χ1v) is 11.3. The second-order valence-electron chi connectivity index (χ2n) is 7.39. The zero-order chi connectivity index (χ0) is 23.8. The first-order valence-electron chi connectivity index (χ1n) is 10.2. The monoisotopic (exact) mass is 527 g/mol. The number of anilines is 1. The van der Waals surface area contributed by atoms with E-state index < -0.39 is 11.8 Å². The third-order valence-electron chi connectivity index (χ3n) is 4.81. The molecule has 0 atom stereocenters. The molecule has 0 heterocycles. The molecule has 33 heavy (non-hydrogen) atoms. The molecule has 0 unspecified atom stereocenters. The van der Waals surface area contributed by atoms with Crippen molar-refractivity contribution >= 4 is 51.2 Å². The van der Waals surface area contributed by atoms with Gasteiger partial charge in [-0.2, -0.15) is 5.10 Å². The summed E-state index contributed by atoms with van der Waals surface area (Å²) in [5.74, 6) is -0.265. The van der Waals surface area contributed by atoms with Gasteiger partial charge >= 0.3 is 0 Å². The molecule has 0 aliphatic carbocycles. The number of ether oxygens (including phenoxy) is 1. The van der Waals surface area contributed by atoms with Crippen molar-refractivity contribution in [2.24, 2.45) is 5.10 Å². The van der Waals surface area contributed by atoms with Crippen LogP contribution in [0.25, 0.3) is 0 Å². The Morgan fingerprint density at radius 3 is 2.55 bits per heavy atom. The number of benzene rings is 3. The number of halogens is 2. The van der Waals surface area contributed by atoms with Crippen LogP contribution in [0.5, 0.6) is 5.75 Å². The van der Waals surface area contributed by atoms with Crippen LogP contribution in [0.2, 0.25) is 5.02 Å². The topological polar surface area (TPSA) is 79.8 Å². The SMILES string of the molecule is Cc1ccc(NC(=O)CC(=O)NN=Cc2ccc(OCc3ccccc3Cl)c(Br)c2)cc1C. The average Bonchev–Trinajstić information content (AvgIpc) is 2.76. The number of nitrogens with one attached hydrogen (secondary N) is 2. The van der Waals surface area contributed by atoms with Gasteiger partial charge in [-0.3, -0.25) is 9.59 Å². The van der Waals surface area contributed by atoms with Gasteiger partial charge in [0.2, 0.25) is 11.8 Å². The molecular formula is C25H23BrClN3O3. The van der Waals surface area contributed by atoms with Gasteiger partial charge < -0.3 is 10.1 Å². The fourth-order valence-electron chi connectivity index (χ4n) is 2.87. The molecule has 170 valence electrons. The van der Waals surface area contributed by atoms with E-state index in [0.29, 0.717) is 23.1 Å². The zero-order valence-corrected chi connectivity index (χ0v) is 20.5. The first-order chi connectivity index (χ1) is 15.8. The summed E-state index contributed by atoms with van der Waals surface area (Å²) in [6.07, 6.45) is 1.16. The van der Waals surface area contributed by atoms with Crippen LogP contribution in [0.3, 0.4) is 0 Å². The van der Waals surface area contributed by atoms with Gasteiger partial charge in [0.25, 0.3) is 0 Å². The molecule has 0 aliphatic rings. The first kappa shape index (κ1) is 24.5. The van der Waals surface area contributed by atoms with Crippen molar-refractivity contribution in [1.29, 1.82) is 0 Å². The zero-order valence-electron chi connectivity index (χ0n) is 18.2. The quantitative estimate of drug-likeness (QED) is 0.221. The van der Waals surface area contributed by atoms with Gasteiger partial charge in [-0.05, 0) is 82.9 Å². The fraction of sp³-hybridized carbons (Fsp3) is 0.160. The Hall–Kier alpha value is -3.16. The van der Waals surface area contributed by atoms with Crippen molar-refractivity contribution in [2.45, 2.75) is 26.9 Å². The summed E-state index contributed by atoms with van der Waals surface area (Å²) < 4.78 is 6.55. The van der Waals surface area contributed by atoms with E-state index in [1.165, 1.54) is 6.21 Å². The molecular weight excluding hydrogens is 506 g/mol. The molecule has 8 heteroatoms. The van der Waals surface area contributed by atoms with E-state index >= 15 is 0 Å². The van der Waals surface area contributed by atoms with Crippen LogP contribution >= 0.6 is 27.5 Å². The normalized spacial score (nSPS) is 10.8. The van der Waals surface area contributed by atoms with Crippen molar-refractivity contribution in [2.75, 3.05) is 5.32 Å². The predicted octanol–water partition coefficient (Wildman–Crippen LogP) is 5.78. The minimum absolute atomic E-state index is 0.331. The minimum atomic E-state index is -0.508. The summed E-state index contributed by atoms with van der Waals surface area (Å²) in [7, 11) is 0. The van der Waals surface area contributed by atoms with E-state index in [-0.39, 0.29) is 6.42 Å². The van der Waals surface area contributed by atoms with Crippen molar-refractivity contribution in [3.63, 3.8) is 0 Å². The highest BCUT2D eigenvalue weighted by Gasteiger charge is 2.10. The predicted molar refractivity (Wildman–Crippen MR) is 135 cm³/mol. The number of carbonyl (C=O) groups excluding carboxylic acids is 2. The lowest BCUT2D eigenvalue weighted by Gasteiger charge is -2.10. The second-order valence-corrected chi connectivity index (χ2v) is 8.65. The number of hydrazone groups is 1. The molecule has 0 bridgehead atoms. The summed E-state index contributed by atoms with van der Waals surface area (Å²) in [5, 5.41) is 7.28. The highest BCUT2D eigenvalue weighted by Crippen LogP contribution is 2.27. The van der Waals surface area contributed by atoms with Crippen LogP contribution in [0.1, 0.15) is 28.7 Å². The summed E-state index contributed by atoms with van der Waals surface area (Å²) in [6, 6.07) is 18.5. The average molecular weight is 529 g/mol. The van der Waals surface area contributed by atoms with E-state index in [4.69, 9.17) is 16.3 Å². The van der Waals surface area contributed by atoms with Crippen LogP contribution in [0.15, 0.2) is 70.2 Å². The van der Waals surface area contributed by atoms with E-state index in [1.54, 1.807) is 18.2 Å². The maximum Gasteiger partial charge on any atom is 0.249 e. The van der Waals surface area contributed by atoms with Gasteiger partial charge in [0.1, 0.15) is 18.8 Å². The molecule has 0 saturated carbocycles. The summed E-state index contributed by atoms with van der Waals surface area (Å²) in [5.41, 5.74) is 6.84. The number of carbonyl (C=O) groups is 2. The number of aryl methyl sites for hydroxylation is 2. The number of rotatable bonds is 8. The Morgan fingerprint density at radius 2 is 1.82 bits per heavy atom. The molecule has 6 nitrogen and oxygen atoms in total. The van der Waals surface area contributed by atoms with Crippen molar-refractivity contribution in [1.82, 2.24) is 5.43 Å². The minimum Gasteiger partial charge on any atom is -0.488 e. The molecule has 0 saturated heterocycles. The number of hydrogen-bond donors (Lipinski definition) is 2. The highest BCUT2D eigenvalue weighted by molar-refractivity contribution is 9.10. The number of nitrogens with zero attached hydrogens (tertiary/aromatic N) is 1. The molecule has 3 aromatic carbocycles. The molecule has 3 rings (SSSR count). The van der Waals surface area contributed by atoms with Crippen LogP contribution < -0.4 is 15.5 Å². The fourth-order valence-corrected chi connectivity index (χ4v) is 3.58. The standard InChI is InChI=1S/C25H23BrClN3O3/c1-16-7-9-20(11-17(16)2)29-24(31)13-25(32)30-28-14-18-8-10-23(21(26)12-18)33-15-19-5-3-4-6-22(19)27/h3-12,14H,13,15H2,1-2H3,(H,29,31)(H,30,32). The van der Waals surface area contributed by atoms with E-state index in [9.17, 15) is 9.59 Å². The van der Waals surface area contributed by atoms with E-state index in [0.717, 1.165) is 26.7 Å². The van der Waals surface area contributed by atoms with Crippen LogP contribution in [-0.2, 0) is 16.2 Å². The van der Waals surface area contributed by atoms with Crippen molar-refractivity contribution in [3.05, 3.63) is 92.4 Å². The number of hydrogen-bond acceptors (Lipinski definition) is 4. The molecule has 2 amide bonds. The van der Waals surface area contributed by atoms with Crippen LogP contribution in [-0.4, -0.2) is 18.0 Å². The third kappa shape index (κ3) is 7.44. The van der Waals surface area contributed by atoms with Gasteiger partial charge in [0, 0.05) is 16.3 Å². The smallest absolute Gasteiger partial charge is 0.249 e. The van der Waals surface area contributed by atoms with Crippen LogP contribution in [0, 0.1) is 13.8 Å². The van der Waals surface area contributed by atoms with E-state index in [2.05, 4.69) is 31.8 Å². The lowest BCUT2D eigenvalue weighted by atomic mass is 10.1.